The molecule has 0 aromatic heterocycles. The summed E-state index contributed by atoms with van der Waals surface area (Å²) in [7, 11) is 0. The molecule has 1 aliphatic rings. The molecule has 0 atom stereocenters. The van der Waals surface area contributed by atoms with E-state index in [1.165, 1.54) is 0 Å². The van der Waals surface area contributed by atoms with E-state index in [2.05, 4.69) is 80.8 Å². The Morgan fingerprint density at radius 3 is 1.17 bits per heavy atom. The average molecular weight is 510 g/mol. The molecule has 4 heteroatoms. The minimum absolute atomic E-state index is 0.349. The van der Waals surface area contributed by atoms with Gasteiger partial charge in [0.2, 0.25) is 0 Å². The molecular weight excluding hydrogens is 468 g/mol. The van der Waals surface area contributed by atoms with Crippen LogP contribution >= 0.6 is 0 Å². The van der Waals surface area contributed by atoms with Crippen molar-refractivity contribution in [3.63, 3.8) is 0 Å². The molecular formula is C31H41O3Ti. The molecule has 0 saturated carbocycles. The van der Waals surface area contributed by atoms with Crippen LogP contribution in [0.4, 0.5) is 0 Å². The Hall–Kier alpha value is -2.27. The molecule has 0 fully saturated rings. The molecule has 1 aliphatic carbocycles. The number of hydrogen-bond donors (Lipinski definition) is 0. The third-order valence-electron chi connectivity index (χ3n) is 8.75. The third-order valence-corrected chi connectivity index (χ3v) is 24.8. The zero-order valence-corrected chi connectivity index (χ0v) is 23.5. The van der Waals surface area contributed by atoms with Gasteiger partial charge in [0.1, 0.15) is 0 Å². The number of hydrogen-bond acceptors (Lipinski definition) is 3. The van der Waals surface area contributed by atoms with Crippen molar-refractivity contribution in [3.05, 3.63) is 130 Å². The van der Waals surface area contributed by atoms with E-state index in [0.717, 1.165) is 20.6 Å². The van der Waals surface area contributed by atoms with E-state index in [1.54, 1.807) is 0 Å². The van der Waals surface area contributed by atoms with Gasteiger partial charge in [0, 0.05) is 0 Å². The summed E-state index contributed by atoms with van der Waals surface area (Å²) in [5.74, 6) is 0. The van der Waals surface area contributed by atoms with E-state index in [0.29, 0.717) is 26.2 Å². The van der Waals surface area contributed by atoms with Gasteiger partial charge in [0.25, 0.3) is 0 Å². The fourth-order valence-electron chi connectivity index (χ4n) is 5.34. The SMILES string of the molecule is [CH3][Ti]([CH3])([CH3])([CH3])([CH3])([O]Cc1ccccc1)([O]Cc1ccccc1)([O]Cc1ccccc1)[C]1=CC=CC1. The van der Waals surface area contributed by atoms with E-state index < -0.39 is 11.3 Å². The van der Waals surface area contributed by atoms with Gasteiger partial charge in [0.15, 0.2) is 0 Å². The minimum atomic E-state index is -6.91. The predicted octanol–water partition coefficient (Wildman–Crippen LogP) is 9.30. The molecule has 0 saturated heterocycles. The number of benzene rings is 3. The van der Waals surface area contributed by atoms with E-state index in [1.807, 2.05) is 54.6 Å². The first-order chi connectivity index (χ1) is 16.1. The van der Waals surface area contributed by atoms with Gasteiger partial charge in [-0.1, -0.05) is 0 Å². The van der Waals surface area contributed by atoms with Crippen LogP contribution in [0, 0.1) is 0 Å². The first kappa shape index (κ1) is 25.8. The first-order valence-electron chi connectivity index (χ1n) is 12.7. The Morgan fingerprint density at radius 1 is 0.543 bits per heavy atom. The van der Waals surface area contributed by atoms with Crippen molar-refractivity contribution < 1.29 is 21.3 Å². The summed E-state index contributed by atoms with van der Waals surface area (Å²) in [4.78, 5) is 0. The van der Waals surface area contributed by atoms with Crippen LogP contribution in [-0.4, -0.2) is 0 Å². The molecule has 187 valence electrons. The van der Waals surface area contributed by atoms with Crippen LogP contribution in [0.25, 0.3) is 0 Å². The molecule has 0 unspecified atom stereocenters. The molecule has 0 radical (unpaired) electrons. The molecule has 0 bridgehead atoms. The second-order valence-corrected chi connectivity index (χ2v) is 49.7. The van der Waals surface area contributed by atoms with Gasteiger partial charge in [0.05, 0.1) is 0 Å². The van der Waals surface area contributed by atoms with E-state index in [-0.39, 0.29) is 0 Å². The van der Waals surface area contributed by atoms with E-state index in [9.17, 15) is 0 Å². The summed E-state index contributed by atoms with van der Waals surface area (Å²) >= 11 is -6.91. The van der Waals surface area contributed by atoms with Crippen molar-refractivity contribution in [2.45, 2.75) is 52.4 Å². The van der Waals surface area contributed by atoms with Gasteiger partial charge < -0.3 is 0 Å². The molecule has 3 aromatic carbocycles. The van der Waals surface area contributed by atoms with Crippen LogP contribution in [0.2, 0.25) is 26.1 Å². The molecule has 0 aliphatic heterocycles. The van der Waals surface area contributed by atoms with Crippen LogP contribution in [-0.2, 0) is 41.1 Å². The molecule has 35 heavy (non-hydrogen) atoms. The van der Waals surface area contributed by atoms with E-state index in [4.69, 9.17) is 9.96 Å². The van der Waals surface area contributed by atoms with Gasteiger partial charge in [-0.15, -0.1) is 0 Å². The van der Waals surface area contributed by atoms with Crippen LogP contribution in [0.3, 0.4) is 0 Å². The van der Waals surface area contributed by atoms with Gasteiger partial charge in [-0.2, -0.15) is 0 Å². The first-order valence-corrected chi connectivity index (χ1v) is 23.2. The maximum atomic E-state index is 7.48. The second kappa shape index (κ2) is 5.99. The van der Waals surface area contributed by atoms with Gasteiger partial charge >= 0.3 is 203 Å². The Balaban J connectivity index is 1.96. The molecule has 3 nitrogen and oxygen atoms in total. The number of allylic oxidation sites excluding steroid dienone is 4. The normalized spacial score (nSPS) is 19.8. The summed E-state index contributed by atoms with van der Waals surface area (Å²) in [6.07, 6.45) is 7.08. The Labute approximate surface area is 202 Å². The monoisotopic (exact) mass is 509 g/mol. The summed E-state index contributed by atoms with van der Waals surface area (Å²) in [5.41, 5.74) is 3.20. The van der Waals surface area contributed by atoms with Crippen LogP contribution in [0.5, 0.6) is 0 Å². The van der Waals surface area contributed by atoms with Gasteiger partial charge in [-0.05, 0) is 0 Å². The van der Waals surface area contributed by atoms with Gasteiger partial charge in [-0.25, -0.2) is 0 Å². The molecule has 0 heterocycles. The Kier molecular flexibility index (Phi) is 4.42. The quantitative estimate of drug-likeness (QED) is 0.255. The summed E-state index contributed by atoms with van der Waals surface area (Å²) in [6.45, 7) is 1.05. The zero-order chi connectivity index (χ0) is 25.3. The Morgan fingerprint density at radius 2 is 0.886 bits per heavy atom. The average Bonchev–Trinajstić information content (AvgIpc) is 3.42. The standard InChI is InChI=1S/3C7H7O.C5H5.5CH3.Ti/c3*8-6-7-4-2-1-3-5-7;1-2-4-5-3-1;;;;;;/h3*1-5H,6H2;1-3H,4H2;5*1H3;/q3*-1;;;;;;;+3. The fourth-order valence-corrected chi connectivity index (χ4v) is 15.6. The van der Waals surface area contributed by atoms with Crippen molar-refractivity contribution in [2.24, 2.45) is 0 Å². The van der Waals surface area contributed by atoms with Crippen molar-refractivity contribution in [2.75, 3.05) is 0 Å². The van der Waals surface area contributed by atoms with Gasteiger partial charge in [-0.3, -0.25) is 0 Å². The van der Waals surface area contributed by atoms with Crippen molar-refractivity contribution >= 4 is 0 Å². The number of rotatable bonds is 10. The predicted molar refractivity (Wildman–Crippen MR) is 145 cm³/mol. The van der Waals surface area contributed by atoms with Crippen molar-refractivity contribution in [1.29, 1.82) is 0 Å². The Bertz CT molecular complexity index is 1240. The van der Waals surface area contributed by atoms with Crippen molar-refractivity contribution in [3.8, 4) is 0 Å². The second-order valence-electron chi connectivity index (χ2n) is 16.5. The molecule has 4 rings (SSSR count). The summed E-state index contributed by atoms with van der Waals surface area (Å²) in [6, 6.07) is 30.8. The van der Waals surface area contributed by atoms with Crippen LogP contribution < -0.4 is 0 Å². The van der Waals surface area contributed by atoms with Crippen molar-refractivity contribution in [1.82, 2.24) is 0 Å². The fraction of sp³-hybridized carbons (Fsp3) is 0.290. The molecule has 0 spiro atoms. The third kappa shape index (κ3) is 4.64. The van der Waals surface area contributed by atoms with Crippen LogP contribution in [0.1, 0.15) is 23.1 Å². The summed E-state index contributed by atoms with van der Waals surface area (Å²) < 4.78 is 23.5. The molecule has 0 N–H and O–H groups in total. The van der Waals surface area contributed by atoms with E-state index >= 15 is 0 Å². The topological polar surface area (TPSA) is 27.7 Å². The zero-order valence-electron chi connectivity index (χ0n) is 21.9. The molecule has 0 amide bonds. The maximum absolute atomic E-state index is 7.48. The molecule has 3 aromatic rings. The van der Waals surface area contributed by atoms with Crippen LogP contribution in [0.15, 0.2) is 113 Å². The summed E-state index contributed by atoms with van der Waals surface area (Å²) in [5, 5.41) is 10.7.